The molecule has 4 nitrogen and oxygen atoms in total. The van der Waals surface area contributed by atoms with Gasteiger partial charge in [0.2, 0.25) is 0 Å². The third-order valence-electron chi connectivity index (χ3n) is 3.85. The summed E-state index contributed by atoms with van der Waals surface area (Å²) < 4.78 is 5.81. The van der Waals surface area contributed by atoms with Crippen molar-refractivity contribution in [1.29, 1.82) is 0 Å². The molecule has 0 fully saturated rings. The van der Waals surface area contributed by atoms with Crippen LogP contribution in [0.25, 0.3) is 16.8 Å². The Bertz CT molecular complexity index is 928. The van der Waals surface area contributed by atoms with E-state index < -0.39 is 6.10 Å². The third-order valence-corrected chi connectivity index (χ3v) is 3.85. The minimum atomic E-state index is -0.656. The van der Waals surface area contributed by atoms with Crippen LogP contribution in [0.15, 0.2) is 84.0 Å². The van der Waals surface area contributed by atoms with Crippen molar-refractivity contribution in [2.75, 3.05) is 0 Å². The quantitative estimate of drug-likeness (QED) is 0.531. The molecule has 1 amide bonds. The molecule has 26 heavy (non-hydrogen) atoms. The van der Waals surface area contributed by atoms with Gasteiger partial charge in [-0.1, -0.05) is 72.8 Å². The lowest BCUT2D eigenvalue weighted by atomic mass is 10.1. The van der Waals surface area contributed by atoms with Gasteiger partial charge in [0.15, 0.2) is 6.10 Å². The first-order valence-corrected chi connectivity index (χ1v) is 8.43. The SMILES string of the molecule is CC(Oc1cccc2ccccc12)C(=O)N/N=C/C=C/c1ccccc1. The number of carbonyl (C=O) groups is 1. The third kappa shape index (κ3) is 4.57. The van der Waals surface area contributed by atoms with Crippen LogP contribution in [0.4, 0.5) is 0 Å². The first-order valence-electron chi connectivity index (χ1n) is 8.43. The highest BCUT2D eigenvalue weighted by Crippen LogP contribution is 2.25. The molecule has 0 radical (unpaired) electrons. The van der Waals surface area contributed by atoms with E-state index in [2.05, 4.69) is 10.5 Å². The second-order valence-electron chi connectivity index (χ2n) is 5.76. The number of carbonyl (C=O) groups excluding carboxylic acids is 1. The lowest BCUT2D eigenvalue weighted by Crippen LogP contribution is -2.33. The molecule has 1 N–H and O–H groups in total. The Kier molecular flexibility index (Phi) is 5.78. The van der Waals surface area contributed by atoms with Gasteiger partial charge in [0, 0.05) is 11.6 Å². The normalized spacial score (nSPS) is 12.5. The highest BCUT2D eigenvalue weighted by molar-refractivity contribution is 5.89. The molecule has 0 saturated heterocycles. The van der Waals surface area contributed by atoms with Gasteiger partial charge in [-0.3, -0.25) is 4.79 Å². The molecular weight excluding hydrogens is 324 g/mol. The van der Waals surface area contributed by atoms with Crippen LogP contribution in [0.5, 0.6) is 5.75 Å². The fourth-order valence-electron chi connectivity index (χ4n) is 2.50. The van der Waals surface area contributed by atoms with E-state index in [1.54, 1.807) is 13.0 Å². The summed E-state index contributed by atoms with van der Waals surface area (Å²) in [5.41, 5.74) is 3.56. The highest BCUT2D eigenvalue weighted by Gasteiger charge is 2.15. The number of rotatable bonds is 6. The minimum Gasteiger partial charge on any atom is -0.480 e. The minimum absolute atomic E-state index is 0.303. The fraction of sp³-hybridized carbons (Fsp3) is 0.0909. The average molecular weight is 344 g/mol. The molecule has 0 aliphatic heterocycles. The lowest BCUT2D eigenvalue weighted by molar-refractivity contribution is -0.127. The zero-order valence-corrected chi connectivity index (χ0v) is 14.5. The number of amides is 1. The van der Waals surface area contributed by atoms with Gasteiger partial charge in [-0.05, 0) is 30.0 Å². The summed E-state index contributed by atoms with van der Waals surface area (Å²) >= 11 is 0. The standard InChI is InChI=1S/C22H20N2O2/c1-17(26-21-15-7-13-19-12-5-6-14-20(19)21)22(25)24-23-16-8-11-18-9-3-2-4-10-18/h2-17H,1H3,(H,24,25)/b11-8+,23-16+. The van der Waals surface area contributed by atoms with E-state index in [1.807, 2.05) is 78.9 Å². The van der Waals surface area contributed by atoms with Crippen LogP contribution in [0, 0.1) is 0 Å². The largest absolute Gasteiger partial charge is 0.480 e. The molecule has 3 aromatic rings. The number of nitrogens with zero attached hydrogens (tertiary/aromatic N) is 1. The van der Waals surface area contributed by atoms with Crippen molar-refractivity contribution < 1.29 is 9.53 Å². The summed E-state index contributed by atoms with van der Waals surface area (Å²) in [7, 11) is 0. The molecular formula is C22H20N2O2. The van der Waals surface area contributed by atoms with Crippen LogP contribution in [-0.2, 0) is 4.79 Å². The first kappa shape index (κ1) is 17.4. The summed E-state index contributed by atoms with van der Waals surface area (Å²) in [6, 6.07) is 23.6. The number of fused-ring (bicyclic) bond motifs is 1. The topological polar surface area (TPSA) is 50.7 Å². The fourth-order valence-corrected chi connectivity index (χ4v) is 2.50. The maximum atomic E-state index is 12.1. The maximum absolute atomic E-state index is 12.1. The van der Waals surface area contributed by atoms with Crippen molar-refractivity contribution in [3.63, 3.8) is 0 Å². The Morgan fingerprint density at radius 2 is 1.73 bits per heavy atom. The molecule has 3 rings (SSSR count). The number of ether oxygens (including phenoxy) is 1. The summed E-state index contributed by atoms with van der Waals surface area (Å²) in [4.78, 5) is 12.1. The molecule has 3 aromatic carbocycles. The smallest absolute Gasteiger partial charge is 0.280 e. The van der Waals surface area contributed by atoms with Gasteiger partial charge in [0.05, 0.1) is 0 Å². The van der Waals surface area contributed by atoms with E-state index in [4.69, 9.17) is 4.74 Å². The van der Waals surface area contributed by atoms with Gasteiger partial charge in [-0.2, -0.15) is 5.10 Å². The monoisotopic (exact) mass is 344 g/mol. The van der Waals surface area contributed by atoms with Crippen molar-refractivity contribution >= 4 is 29.0 Å². The molecule has 1 atom stereocenters. The van der Waals surface area contributed by atoms with Crippen LogP contribution in [0.3, 0.4) is 0 Å². The molecule has 0 bridgehead atoms. The summed E-state index contributed by atoms with van der Waals surface area (Å²) in [5.74, 6) is 0.376. The maximum Gasteiger partial charge on any atom is 0.280 e. The summed E-state index contributed by atoms with van der Waals surface area (Å²) in [5, 5.41) is 5.97. The van der Waals surface area contributed by atoms with Crippen molar-refractivity contribution in [2.45, 2.75) is 13.0 Å². The van der Waals surface area contributed by atoms with Gasteiger partial charge in [0.25, 0.3) is 5.91 Å². The predicted octanol–water partition coefficient (Wildman–Crippen LogP) is 4.42. The number of hydrazone groups is 1. The molecule has 0 saturated carbocycles. The molecule has 0 heterocycles. The van der Waals surface area contributed by atoms with E-state index in [-0.39, 0.29) is 5.91 Å². The Morgan fingerprint density at radius 1 is 1.00 bits per heavy atom. The molecule has 0 spiro atoms. The average Bonchev–Trinajstić information content (AvgIpc) is 2.68. The Morgan fingerprint density at radius 3 is 2.58 bits per heavy atom. The highest BCUT2D eigenvalue weighted by atomic mass is 16.5. The zero-order chi connectivity index (χ0) is 18.2. The molecule has 130 valence electrons. The van der Waals surface area contributed by atoms with Crippen molar-refractivity contribution in [3.05, 3.63) is 84.4 Å². The first-order chi connectivity index (χ1) is 12.7. The Hall–Kier alpha value is -3.40. The summed E-state index contributed by atoms with van der Waals surface area (Å²) in [6.07, 6.45) is 4.56. The second-order valence-corrected chi connectivity index (χ2v) is 5.76. The number of hydrogen-bond donors (Lipinski definition) is 1. The van der Waals surface area contributed by atoms with Crippen molar-refractivity contribution in [3.8, 4) is 5.75 Å². The van der Waals surface area contributed by atoms with E-state index in [0.29, 0.717) is 5.75 Å². The van der Waals surface area contributed by atoms with Crippen molar-refractivity contribution in [1.82, 2.24) is 5.43 Å². The van der Waals surface area contributed by atoms with Gasteiger partial charge in [-0.15, -0.1) is 0 Å². The van der Waals surface area contributed by atoms with Crippen LogP contribution in [-0.4, -0.2) is 18.2 Å². The molecule has 0 aliphatic carbocycles. The summed E-state index contributed by atoms with van der Waals surface area (Å²) in [6.45, 7) is 1.70. The van der Waals surface area contributed by atoms with Gasteiger partial charge in [-0.25, -0.2) is 5.43 Å². The molecule has 0 aliphatic rings. The van der Waals surface area contributed by atoms with Crippen molar-refractivity contribution in [2.24, 2.45) is 5.10 Å². The lowest BCUT2D eigenvalue weighted by Gasteiger charge is -2.14. The van der Waals surface area contributed by atoms with E-state index in [1.165, 1.54) is 6.21 Å². The molecule has 4 heteroatoms. The van der Waals surface area contributed by atoms with Crippen LogP contribution in [0.1, 0.15) is 12.5 Å². The number of hydrogen-bond acceptors (Lipinski definition) is 3. The number of nitrogens with one attached hydrogen (secondary N) is 1. The van der Waals surface area contributed by atoms with Gasteiger partial charge in [0.1, 0.15) is 5.75 Å². The molecule has 0 aromatic heterocycles. The number of benzene rings is 3. The van der Waals surface area contributed by atoms with Crippen LogP contribution in [0.2, 0.25) is 0 Å². The number of allylic oxidation sites excluding steroid dienone is 1. The van der Waals surface area contributed by atoms with Crippen LogP contribution < -0.4 is 10.2 Å². The van der Waals surface area contributed by atoms with Gasteiger partial charge < -0.3 is 4.74 Å². The second kappa shape index (κ2) is 8.62. The predicted molar refractivity (Wildman–Crippen MR) is 106 cm³/mol. The van der Waals surface area contributed by atoms with E-state index in [0.717, 1.165) is 16.3 Å². The van der Waals surface area contributed by atoms with Crippen LogP contribution >= 0.6 is 0 Å². The zero-order valence-electron chi connectivity index (χ0n) is 14.5. The Balaban J connectivity index is 1.56. The van der Waals surface area contributed by atoms with E-state index in [9.17, 15) is 4.79 Å². The molecule has 1 unspecified atom stereocenters. The van der Waals surface area contributed by atoms with Gasteiger partial charge >= 0.3 is 0 Å². The van der Waals surface area contributed by atoms with E-state index >= 15 is 0 Å². The Labute approximate surface area is 152 Å².